The van der Waals surface area contributed by atoms with E-state index in [1.165, 1.54) is 13.0 Å². The average molecular weight is 171 g/mol. The van der Waals surface area contributed by atoms with Gasteiger partial charge in [0.05, 0.1) is 19.8 Å². The van der Waals surface area contributed by atoms with E-state index in [-0.39, 0.29) is 5.60 Å². The summed E-state index contributed by atoms with van der Waals surface area (Å²) in [7, 11) is 0. The third-order valence-corrected chi connectivity index (χ3v) is 2.60. The van der Waals surface area contributed by atoms with E-state index in [1.54, 1.807) is 0 Å². The fourth-order valence-electron chi connectivity index (χ4n) is 1.93. The van der Waals surface area contributed by atoms with Crippen molar-refractivity contribution < 1.29 is 9.47 Å². The minimum absolute atomic E-state index is 0.0768. The second-order valence-electron chi connectivity index (χ2n) is 3.80. The molecule has 0 aliphatic carbocycles. The van der Waals surface area contributed by atoms with Gasteiger partial charge in [-0.05, 0) is 13.0 Å². The van der Waals surface area contributed by atoms with Gasteiger partial charge in [0.2, 0.25) is 0 Å². The van der Waals surface area contributed by atoms with Crippen LogP contribution >= 0.6 is 0 Å². The van der Waals surface area contributed by atoms with E-state index in [1.807, 2.05) is 0 Å². The molecule has 3 nitrogen and oxygen atoms in total. The van der Waals surface area contributed by atoms with Gasteiger partial charge in [-0.25, -0.2) is 0 Å². The van der Waals surface area contributed by atoms with E-state index in [9.17, 15) is 0 Å². The lowest BCUT2D eigenvalue weighted by Gasteiger charge is -2.47. The van der Waals surface area contributed by atoms with Crippen LogP contribution in [0.15, 0.2) is 0 Å². The maximum atomic E-state index is 5.71. The van der Waals surface area contributed by atoms with Gasteiger partial charge in [-0.2, -0.15) is 0 Å². The molecular weight excluding hydrogens is 154 g/mol. The lowest BCUT2D eigenvalue weighted by Crippen LogP contribution is -2.62. The van der Waals surface area contributed by atoms with E-state index >= 15 is 0 Å². The molecule has 2 fully saturated rings. The Morgan fingerprint density at radius 3 is 2.83 bits per heavy atom. The first-order valence-electron chi connectivity index (χ1n) is 4.79. The third kappa shape index (κ3) is 1.49. The van der Waals surface area contributed by atoms with Gasteiger partial charge in [-0.3, -0.25) is 4.90 Å². The normalized spacial score (nSPS) is 28.8. The van der Waals surface area contributed by atoms with E-state index in [2.05, 4.69) is 11.8 Å². The Labute approximate surface area is 73.6 Å². The Balaban J connectivity index is 1.85. The van der Waals surface area contributed by atoms with E-state index < -0.39 is 0 Å². The Morgan fingerprint density at radius 2 is 2.25 bits per heavy atom. The van der Waals surface area contributed by atoms with E-state index in [0.717, 1.165) is 32.9 Å². The molecule has 2 aliphatic rings. The molecule has 0 aromatic rings. The summed E-state index contributed by atoms with van der Waals surface area (Å²) in [6.07, 6.45) is 1.23. The van der Waals surface area contributed by atoms with Gasteiger partial charge in [0, 0.05) is 13.1 Å². The number of morpholine rings is 1. The lowest BCUT2D eigenvalue weighted by molar-refractivity contribution is -0.237. The van der Waals surface area contributed by atoms with Crippen LogP contribution in [0.3, 0.4) is 0 Å². The van der Waals surface area contributed by atoms with Gasteiger partial charge in [-0.15, -0.1) is 0 Å². The maximum absolute atomic E-state index is 5.71. The van der Waals surface area contributed by atoms with Crippen molar-refractivity contribution in [1.29, 1.82) is 0 Å². The topological polar surface area (TPSA) is 21.7 Å². The first kappa shape index (κ1) is 8.48. The van der Waals surface area contributed by atoms with Crippen LogP contribution in [-0.2, 0) is 9.47 Å². The molecule has 3 heteroatoms. The summed E-state index contributed by atoms with van der Waals surface area (Å²) in [4.78, 5) is 2.48. The molecule has 0 unspecified atom stereocenters. The molecule has 70 valence electrons. The quantitative estimate of drug-likeness (QED) is 0.604. The second kappa shape index (κ2) is 3.32. The monoisotopic (exact) mass is 171 g/mol. The summed E-state index contributed by atoms with van der Waals surface area (Å²) >= 11 is 0. The molecule has 0 N–H and O–H groups in total. The predicted molar refractivity (Wildman–Crippen MR) is 46.2 cm³/mol. The highest BCUT2D eigenvalue weighted by Gasteiger charge is 2.43. The van der Waals surface area contributed by atoms with Crippen molar-refractivity contribution in [2.24, 2.45) is 0 Å². The van der Waals surface area contributed by atoms with Crippen LogP contribution in [-0.4, -0.2) is 50.0 Å². The first-order valence-corrected chi connectivity index (χ1v) is 4.79. The first-order chi connectivity index (χ1) is 5.85. The SMILES string of the molecule is CCCN1CCOC2(COC2)C1. The number of rotatable bonds is 2. The summed E-state index contributed by atoms with van der Waals surface area (Å²) < 4.78 is 10.9. The van der Waals surface area contributed by atoms with Crippen molar-refractivity contribution in [3.63, 3.8) is 0 Å². The van der Waals surface area contributed by atoms with Crippen molar-refractivity contribution in [2.45, 2.75) is 18.9 Å². The maximum Gasteiger partial charge on any atom is 0.127 e. The minimum Gasteiger partial charge on any atom is -0.375 e. The summed E-state index contributed by atoms with van der Waals surface area (Å²) in [5.74, 6) is 0. The minimum atomic E-state index is 0.0768. The van der Waals surface area contributed by atoms with Crippen LogP contribution in [0.2, 0.25) is 0 Å². The lowest BCUT2D eigenvalue weighted by atomic mass is 10.00. The molecular formula is C9H17NO2. The fraction of sp³-hybridized carbons (Fsp3) is 1.00. The molecule has 2 aliphatic heterocycles. The summed E-state index contributed by atoms with van der Waals surface area (Å²) in [5, 5.41) is 0. The molecule has 1 spiro atoms. The Bertz CT molecular complexity index is 155. The molecule has 2 heterocycles. The Hall–Kier alpha value is -0.120. The molecule has 0 aromatic heterocycles. The summed E-state index contributed by atoms with van der Waals surface area (Å²) in [6.45, 7) is 8.06. The highest BCUT2D eigenvalue weighted by atomic mass is 16.6. The van der Waals surface area contributed by atoms with Crippen LogP contribution in [0.25, 0.3) is 0 Å². The molecule has 0 saturated carbocycles. The van der Waals surface area contributed by atoms with E-state index in [0.29, 0.717) is 0 Å². The zero-order valence-corrected chi connectivity index (χ0v) is 7.71. The Kier molecular flexibility index (Phi) is 2.35. The molecule has 0 aromatic carbocycles. The summed E-state index contributed by atoms with van der Waals surface area (Å²) in [5.41, 5.74) is 0.0768. The van der Waals surface area contributed by atoms with Crippen molar-refractivity contribution in [2.75, 3.05) is 39.5 Å². The van der Waals surface area contributed by atoms with Crippen molar-refractivity contribution >= 4 is 0 Å². The van der Waals surface area contributed by atoms with Gasteiger partial charge >= 0.3 is 0 Å². The zero-order valence-electron chi connectivity index (χ0n) is 7.71. The fourth-order valence-corrected chi connectivity index (χ4v) is 1.93. The van der Waals surface area contributed by atoms with Gasteiger partial charge in [0.25, 0.3) is 0 Å². The van der Waals surface area contributed by atoms with Crippen LogP contribution < -0.4 is 0 Å². The third-order valence-electron chi connectivity index (χ3n) is 2.60. The molecule has 0 amide bonds. The van der Waals surface area contributed by atoms with Crippen molar-refractivity contribution in [1.82, 2.24) is 4.90 Å². The molecule has 0 radical (unpaired) electrons. The summed E-state index contributed by atoms with van der Waals surface area (Å²) in [6, 6.07) is 0. The Morgan fingerprint density at radius 1 is 1.42 bits per heavy atom. The van der Waals surface area contributed by atoms with Gasteiger partial charge in [0.1, 0.15) is 5.60 Å². The van der Waals surface area contributed by atoms with Crippen LogP contribution in [0, 0.1) is 0 Å². The molecule has 2 saturated heterocycles. The number of ether oxygens (including phenoxy) is 2. The largest absolute Gasteiger partial charge is 0.375 e. The second-order valence-corrected chi connectivity index (χ2v) is 3.80. The van der Waals surface area contributed by atoms with Crippen molar-refractivity contribution in [3.8, 4) is 0 Å². The molecule has 2 rings (SSSR count). The van der Waals surface area contributed by atoms with Gasteiger partial charge < -0.3 is 9.47 Å². The zero-order chi connectivity index (χ0) is 8.44. The average Bonchev–Trinajstić information content (AvgIpc) is 2.03. The molecule has 0 bridgehead atoms. The molecule has 0 atom stereocenters. The van der Waals surface area contributed by atoms with Crippen LogP contribution in [0.4, 0.5) is 0 Å². The number of hydrogen-bond acceptors (Lipinski definition) is 3. The number of nitrogens with zero attached hydrogens (tertiary/aromatic N) is 1. The predicted octanol–water partition coefficient (Wildman–Crippen LogP) is 0.498. The number of hydrogen-bond donors (Lipinski definition) is 0. The van der Waals surface area contributed by atoms with Crippen molar-refractivity contribution in [3.05, 3.63) is 0 Å². The molecule has 12 heavy (non-hydrogen) atoms. The van der Waals surface area contributed by atoms with Gasteiger partial charge in [0.15, 0.2) is 0 Å². The standard InChI is InChI=1S/C9H17NO2/c1-2-3-10-4-5-12-9(6-10)7-11-8-9/h2-8H2,1H3. The smallest absolute Gasteiger partial charge is 0.127 e. The highest BCUT2D eigenvalue weighted by molar-refractivity contribution is 4.93. The van der Waals surface area contributed by atoms with Crippen LogP contribution in [0.5, 0.6) is 0 Å². The van der Waals surface area contributed by atoms with E-state index in [4.69, 9.17) is 9.47 Å². The van der Waals surface area contributed by atoms with Gasteiger partial charge in [-0.1, -0.05) is 6.92 Å². The van der Waals surface area contributed by atoms with Crippen LogP contribution in [0.1, 0.15) is 13.3 Å². The highest BCUT2D eigenvalue weighted by Crippen LogP contribution is 2.26.